The second kappa shape index (κ2) is 16.3. The zero-order chi connectivity index (χ0) is 11.4. The van der Waals surface area contributed by atoms with Gasteiger partial charge in [0.15, 0.2) is 0 Å². The molecule has 0 N–H and O–H groups in total. The zero-order valence-corrected chi connectivity index (χ0v) is 13.0. The summed E-state index contributed by atoms with van der Waals surface area (Å²) in [6.07, 6.45) is 0.375. The van der Waals surface area contributed by atoms with Crippen molar-refractivity contribution in [3.63, 3.8) is 0 Å². The molecule has 1 aromatic carbocycles. The standard InChI is InChI=1S/C8H9.C3H4N.C2H6.Y/c1-7-5-3-4-6-8(7)2;1-2-3-4;1-2;/h3-5H,1-2H3;1-2H2;1-2H3;/q2*-1;;. The first-order valence-corrected chi connectivity index (χ1v) is 4.82. The summed E-state index contributed by atoms with van der Waals surface area (Å²) in [6, 6.07) is 10.9. The van der Waals surface area contributed by atoms with Gasteiger partial charge in [-0.3, -0.25) is 0 Å². The average molecular weight is 278 g/mol. The summed E-state index contributed by atoms with van der Waals surface area (Å²) in [7, 11) is 0. The van der Waals surface area contributed by atoms with Gasteiger partial charge >= 0.3 is 0 Å². The summed E-state index contributed by atoms with van der Waals surface area (Å²) in [5, 5.41) is 7.56. The molecule has 0 aliphatic heterocycles. The van der Waals surface area contributed by atoms with Crippen molar-refractivity contribution in [2.75, 3.05) is 0 Å². The first-order chi connectivity index (χ1) is 6.72. The predicted octanol–water partition coefficient (Wildman–Crippen LogP) is 3.86. The van der Waals surface area contributed by atoms with Gasteiger partial charge in [-0.15, -0.1) is 0 Å². The maximum absolute atomic E-state index is 7.56. The van der Waals surface area contributed by atoms with Crippen LogP contribution in [-0.2, 0) is 32.7 Å². The Bertz CT molecular complexity index is 242. The van der Waals surface area contributed by atoms with E-state index in [1.165, 1.54) is 11.1 Å². The molecule has 0 amide bonds. The van der Waals surface area contributed by atoms with Gasteiger partial charge in [0.05, 0.1) is 0 Å². The van der Waals surface area contributed by atoms with Crippen LogP contribution >= 0.6 is 0 Å². The summed E-state index contributed by atoms with van der Waals surface area (Å²) in [4.78, 5) is 0. The minimum absolute atomic E-state index is 0. The molecule has 1 rings (SSSR count). The van der Waals surface area contributed by atoms with Crippen LogP contribution in [-0.4, -0.2) is 0 Å². The van der Waals surface area contributed by atoms with Gasteiger partial charge in [-0.2, -0.15) is 35.4 Å². The molecule has 0 atom stereocenters. The Balaban J connectivity index is -0.000000179. The van der Waals surface area contributed by atoms with Crippen molar-refractivity contribution in [3.05, 3.63) is 42.3 Å². The summed E-state index contributed by atoms with van der Waals surface area (Å²) in [5.41, 5.74) is 2.56. The maximum Gasteiger partial charge on any atom is 0.0292 e. The number of nitrogens with zero attached hydrogens (tertiary/aromatic N) is 1. The minimum Gasteiger partial charge on any atom is -0.330 e. The van der Waals surface area contributed by atoms with Crippen molar-refractivity contribution in [1.29, 1.82) is 5.26 Å². The van der Waals surface area contributed by atoms with Gasteiger partial charge in [0, 0.05) is 38.8 Å². The Kier molecular flexibility index (Phi) is 21.9. The van der Waals surface area contributed by atoms with Gasteiger partial charge in [-0.25, -0.2) is 5.26 Å². The molecular formula is C13H19NY-2. The fraction of sp³-hybridized carbons (Fsp3) is 0.385. The summed E-state index contributed by atoms with van der Waals surface area (Å²) >= 11 is 0. The zero-order valence-electron chi connectivity index (χ0n) is 10.2. The second-order valence-corrected chi connectivity index (χ2v) is 2.39. The minimum atomic E-state index is 0. The van der Waals surface area contributed by atoms with Crippen LogP contribution in [0.5, 0.6) is 0 Å². The normalized spacial score (nSPS) is 6.67. The fourth-order valence-electron chi connectivity index (χ4n) is 0.604. The largest absolute Gasteiger partial charge is 0.330 e. The number of hydrogen-bond donors (Lipinski definition) is 0. The van der Waals surface area contributed by atoms with E-state index in [-0.39, 0.29) is 32.7 Å². The van der Waals surface area contributed by atoms with Gasteiger partial charge in [-0.05, 0) is 0 Å². The third kappa shape index (κ3) is 13.8. The molecule has 0 aliphatic carbocycles. The van der Waals surface area contributed by atoms with E-state index < -0.39 is 0 Å². The average Bonchev–Trinajstić information content (AvgIpc) is 2.26. The van der Waals surface area contributed by atoms with Gasteiger partial charge in [-0.1, -0.05) is 34.1 Å². The molecule has 2 heteroatoms. The van der Waals surface area contributed by atoms with E-state index in [0.29, 0.717) is 6.42 Å². The SMILES string of the molecule is CC.Cc1[c-]cccc1C.[CH2-]CC#N.[Y]. The smallest absolute Gasteiger partial charge is 0.0292 e. The van der Waals surface area contributed by atoms with Crippen LogP contribution in [0.4, 0.5) is 0 Å². The van der Waals surface area contributed by atoms with E-state index in [4.69, 9.17) is 5.26 Å². The monoisotopic (exact) mass is 278 g/mol. The molecule has 1 radical (unpaired) electrons. The number of rotatable bonds is 0. The van der Waals surface area contributed by atoms with E-state index in [1.807, 2.05) is 32.0 Å². The second-order valence-electron chi connectivity index (χ2n) is 2.39. The summed E-state index contributed by atoms with van der Waals surface area (Å²) < 4.78 is 0. The first kappa shape index (κ1) is 20.3. The Morgan fingerprint density at radius 3 is 2.07 bits per heavy atom. The molecule has 0 bridgehead atoms. The van der Waals surface area contributed by atoms with Crippen molar-refractivity contribution < 1.29 is 32.7 Å². The number of benzene rings is 1. The van der Waals surface area contributed by atoms with E-state index in [9.17, 15) is 0 Å². The quantitative estimate of drug-likeness (QED) is 0.661. The predicted molar refractivity (Wildman–Crippen MR) is 61.7 cm³/mol. The van der Waals surface area contributed by atoms with E-state index >= 15 is 0 Å². The molecule has 0 fully saturated rings. The molecule has 15 heavy (non-hydrogen) atoms. The molecule has 1 nitrogen and oxygen atoms in total. The van der Waals surface area contributed by atoms with Crippen molar-refractivity contribution in [2.24, 2.45) is 0 Å². The fourth-order valence-corrected chi connectivity index (χ4v) is 0.604. The van der Waals surface area contributed by atoms with Crippen molar-refractivity contribution in [2.45, 2.75) is 34.1 Å². The maximum atomic E-state index is 7.56. The van der Waals surface area contributed by atoms with Crippen LogP contribution < -0.4 is 0 Å². The number of hydrogen-bond acceptors (Lipinski definition) is 1. The molecular weight excluding hydrogens is 259 g/mol. The molecule has 0 aliphatic rings. The first-order valence-electron chi connectivity index (χ1n) is 4.82. The molecule has 0 saturated carbocycles. The van der Waals surface area contributed by atoms with Gasteiger partial charge in [0.25, 0.3) is 0 Å². The Hall–Kier alpha value is -0.186. The van der Waals surface area contributed by atoms with Gasteiger partial charge < -0.3 is 6.92 Å². The molecule has 0 aromatic heterocycles. The number of aryl methyl sites for hydroxylation is 2. The molecule has 0 heterocycles. The van der Waals surface area contributed by atoms with Crippen molar-refractivity contribution in [3.8, 4) is 6.07 Å². The van der Waals surface area contributed by atoms with Crippen molar-refractivity contribution in [1.82, 2.24) is 0 Å². The van der Waals surface area contributed by atoms with Gasteiger partial charge in [0.1, 0.15) is 0 Å². The Morgan fingerprint density at radius 1 is 1.40 bits per heavy atom. The van der Waals surface area contributed by atoms with E-state index in [1.54, 1.807) is 0 Å². The molecule has 81 valence electrons. The van der Waals surface area contributed by atoms with Crippen LogP contribution in [0.1, 0.15) is 31.4 Å². The summed E-state index contributed by atoms with van der Waals surface area (Å²) in [6.45, 7) is 11.4. The number of nitriles is 1. The van der Waals surface area contributed by atoms with Gasteiger partial charge in [0.2, 0.25) is 0 Å². The summed E-state index contributed by atoms with van der Waals surface area (Å²) in [5.74, 6) is 0. The third-order valence-corrected chi connectivity index (χ3v) is 1.45. The van der Waals surface area contributed by atoms with Crippen LogP contribution in [0.15, 0.2) is 18.2 Å². The topological polar surface area (TPSA) is 23.8 Å². The van der Waals surface area contributed by atoms with Crippen LogP contribution in [0, 0.1) is 38.2 Å². The molecule has 0 saturated heterocycles. The molecule has 1 aromatic rings. The Labute approximate surface area is 120 Å². The molecule has 0 spiro atoms. The third-order valence-electron chi connectivity index (χ3n) is 1.45. The van der Waals surface area contributed by atoms with Crippen molar-refractivity contribution >= 4 is 0 Å². The van der Waals surface area contributed by atoms with E-state index in [0.717, 1.165) is 0 Å². The Morgan fingerprint density at radius 2 is 1.87 bits per heavy atom. The van der Waals surface area contributed by atoms with Crippen LogP contribution in [0.2, 0.25) is 0 Å². The van der Waals surface area contributed by atoms with E-state index in [2.05, 4.69) is 32.9 Å². The van der Waals surface area contributed by atoms with Crippen LogP contribution in [0.3, 0.4) is 0 Å². The molecule has 0 unspecified atom stereocenters. The van der Waals surface area contributed by atoms with Crippen LogP contribution in [0.25, 0.3) is 0 Å².